The van der Waals surface area contributed by atoms with Crippen LogP contribution in [0.25, 0.3) is 0 Å². The van der Waals surface area contributed by atoms with Gasteiger partial charge in [0, 0.05) is 0 Å². The van der Waals surface area contributed by atoms with Crippen molar-refractivity contribution in [2.24, 2.45) is 9.98 Å². The molecule has 2 atom stereocenters. The van der Waals surface area contributed by atoms with Gasteiger partial charge in [-0.05, 0) is 6.92 Å². The molecule has 1 saturated heterocycles. The molecule has 2 heterocycles. The average molecular weight is 239 g/mol. The van der Waals surface area contributed by atoms with Crippen LogP contribution in [-0.2, 0) is 9.59 Å². The molecule has 4 N–H and O–H groups in total. The third-order valence-corrected chi connectivity index (χ3v) is 2.30. The molecule has 2 aliphatic heterocycles. The first kappa shape index (κ1) is 11.5. The molecule has 1 fully saturated rings. The van der Waals surface area contributed by atoms with Gasteiger partial charge in [0.25, 0.3) is 11.8 Å². The summed E-state index contributed by atoms with van der Waals surface area (Å²) in [5.74, 6) is -0.603. The van der Waals surface area contributed by atoms with E-state index >= 15 is 0 Å². The highest BCUT2D eigenvalue weighted by Gasteiger charge is 2.31. The number of fused-ring (bicyclic) bond motifs is 1. The molecule has 92 valence electrons. The Morgan fingerprint density at radius 3 is 2.88 bits per heavy atom. The fourth-order valence-electron chi connectivity index (χ4n) is 1.47. The van der Waals surface area contributed by atoms with Gasteiger partial charge in [0.2, 0.25) is 0 Å². The summed E-state index contributed by atoms with van der Waals surface area (Å²) < 4.78 is 0. The summed E-state index contributed by atoms with van der Waals surface area (Å²) in [5.41, 5.74) is 0.249. The molecule has 0 aromatic rings. The number of rotatable bonds is 2. The van der Waals surface area contributed by atoms with E-state index in [0.29, 0.717) is 18.9 Å². The zero-order valence-electron chi connectivity index (χ0n) is 9.23. The summed E-state index contributed by atoms with van der Waals surface area (Å²) >= 11 is 0. The molecule has 0 spiro atoms. The maximum atomic E-state index is 11.6. The van der Waals surface area contributed by atoms with Gasteiger partial charge in [-0.2, -0.15) is 0 Å². The highest BCUT2D eigenvalue weighted by atomic mass is 16.3. The largest absolute Gasteiger partial charge is 0.384 e. The number of amidine groups is 1. The number of nitrogens with one attached hydrogen (secondary N) is 3. The van der Waals surface area contributed by atoms with Crippen LogP contribution in [0.2, 0.25) is 0 Å². The minimum absolute atomic E-state index is 0.249. The van der Waals surface area contributed by atoms with Crippen LogP contribution in [0.4, 0.5) is 0 Å². The van der Waals surface area contributed by atoms with Crippen LogP contribution in [0.1, 0.15) is 6.92 Å². The van der Waals surface area contributed by atoms with Crippen LogP contribution in [0.15, 0.2) is 9.98 Å². The number of carbonyl (C=O) groups is 2. The molecule has 2 aliphatic rings. The van der Waals surface area contributed by atoms with Crippen molar-refractivity contribution in [1.82, 2.24) is 16.0 Å². The molecule has 0 aromatic carbocycles. The lowest BCUT2D eigenvalue weighted by molar-refractivity contribution is -0.130. The van der Waals surface area contributed by atoms with E-state index in [2.05, 4.69) is 25.9 Å². The number of nitrogens with zero attached hydrogens (tertiary/aromatic N) is 2. The van der Waals surface area contributed by atoms with Crippen molar-refractivity contribution in [2.75, 3.05) is 13.1 Å². The van der Waals surface area contributed by atoms with Gasteiger partial charge in [-0.1, -0.05) is 0 Å². The lowest BCUT2D eigenvalue weighted by Gasteiger charge is -2.29. The van der Waals surface area contributed by atoms with Gasteiger partial charge >= 0.3 is 0 Å². The van der Waals surface area contributed by atoms with E-state index in [0.717, 1.165) is 0 Å². The van der Waals surface area contributed by atoms with E-state index in [-0.39, 0.29) is 5.71 Å². The van der Waals surface area contributed by atoms with Crippen LogP contribution in [-0.4, -0.2) is 54.0 Å². The SMILES string of the molecule is CC(O)C(=O)NC1NC(=O)C2=NCCN=C2N1. The predicted molar refractivity (Wildman–Crippen MR) is 59.5 cm³/mol. The van der Waals surface area contributed by atoms with Crippen LogP contribution in [0, 0.1) is 0 Å². The fourth-order valence-corrected chi connectivity index (χ4v) is 1.47. The number of aliphatic imine (C=N–C) groups is 2. The molecule has 8 heteroatoms. The van der Waals surface area contributed by atoms with Crippen molar-refractivity contribution in [2.45, 2.75) is 19.3 Å². The second-order valence-corrected chi connectivity index (χ2v) is 3.70. The molecule has 2 unspecified atom stereocenters. The predicted octanol–water partition coefficient (Wildman–Crippen LogP) is -2.66. The summed E-state index contributed by atoms with van der Waals surface area (Å²) in [5, 5.41) is 16.8. The highest BCUT2D eigenvalue weighted by molar-refractivity contribution is 6.67. The maximum absolute atomic E-state index is 11.6. The van der Waals surface area contributed by atoms with Crippen LogP contribution < -0.4 is 16.0 Å². The van der Waals surface area contributed by atoms with Gasteiger partial charge in [-0.25, -0.2) is 0 Å². The van der Waals surface area contributed by atoms with E-state index in [9.17, 15) is 9.59 Å². The van der Waals surface area contributed by atoms with Crippen LogP contribution >= 0.6 is 0 Å². The zero-order chi connectivity index (χ0) is 12.4. The van der Waals surface area contributed by atoms with Gasteiger partial charge in [0.05, 0.1) is 13.1 Å². The lowest BCUT2D eigenvalue weighted by Crippen LogP contribution is -2.67. The molecule has 2 amide bonds. The average Bonchev–Trinajstić information content (AvgIpc) is 2.29. The summed E-state index contributed by atoms with van der Waals surface area (Å²) in [4.78, 5) is 31.0. The van der Waals surface area contributed by atoms with E-state index in [1.807, 2.05) is 0 Å². The number of amides is 2. The molecule has 8 nitrogen and oxygen atoms in total. The summed E-state index contributed by atoms with van der Waals surface area (Å²) in [6.07, 6.45) is -1.92. The Hall–Kier alpha value is -1.96. The number of hydrogen-bond donors (Lipinski definition) is 4. The summed E-state index contributed by atoms with van der Waals surface area (Å²) in [6, 6.07) is 0. The maximum Gasteiger partial charge on any atom is 0.276 e. The Kier molecular flexibility index (Phi) is 3.05. The van der Waals surface area contributed by atoms with Gasteiger partial charge in [0.1, 0.15) is 6.10 Å². The van der Waals surface area contributed by atoms with E-state index in [1.165, 1.54) is 6.92 Å². The molecule has 0 aromatic heterocycles. The monoisotopic (exact) mass is 239 g/mol. The third kappa shape index (κ3) is 2.41. The second-order valence-electron chi connectivity index (χ2n) is 3.70. The van der Waals surface area contributed by atoms with E-state index in [1.54, 1.807) is 0 Å². The van der Waals surface area contributed by atoms with Crippen molar-refractivity contribution in [3.05, 3.63) is 0 Å². The number of hydrogen-bond acceptors (Lipinski definition) is 6. The molecular weight excluding hydrogens is 226 g/mol. The van der Waals surface area contributed by atoms with Crippen LogP contribution in [0.5, 0.6) is 0 Å². The molecule has 0 saturated carbocycles. The Morgan fingerprint density at radius 1 is 1.47 bits per heavy atom. The first-order valence-electron chi connectivity index (χ1n) is 5.23. The summed E-state index contributed by atoms with van der Waals surface area (Å²) in [7, 11) is 0. The molecule has 17 heavy (non-hydrogen) atoms. The van der Waals surface area contributed by atoms with E-state index < -0.39 is 24.2 Å². The molecule has 0 radical (unpaired) electrons. The Balaban J connectivity index is 2.05. The van der Waals surface area contributed by atoms with Gasteiger partial charge in [-0.3, -0.25) is 19.6 Å². The zero-order valence-corrected chi connectivity index (χ0v) is 9.23. The number of aliphatic hydroxyl groups excluding tert-OH is 1. The Bertz CT molecular complexity index is 415. The molecular formula is C9H13N5O3. The Labute approximate surface area is 97.2 Å². The van der Waals surface area contributed by atoms with E-state index in [4.69, 9.17) is 5.11 Å². The third-order valence-electron chi connectivity index (χ3n) is 2.30. The first-order valence-corrected chi connectivity index (χ1v) is 5.23. The molecule has 0 aliphatic carbocycles. The fraction of sp³-hybridized carbons (Fsp3) is 0.556. The minimum atomic E-state index is -1.14. The highest BCUT2D eigenvalue weighted by Crippen LogP contribution is 1.98. The topological polar surface area (TPSA) is 115 Å². The van der Waals surface area contributed by atoms with Crippen molar-refractivity contribution in [1.29, 1.82) is 0 Å². The normalized spacial score (nSPS) is 24.6. The van der Waals surface area contributed by atoms with Gasteiger partial charge < -0.3 is 21.1 Å². The molecule has 2 rings (SSSR count). The lowest BCUT2D eigenvalue weighted by atomic mass is 10.2. The van der Waals surface area contributed by atoms with Gasteiger partial charge in [0.15, 0.2) is 17.8 Å². The van der Waals surface area contributed by atoms with Gasteiger partial charge in [-0.15, -0.1) is 0 Å². The van der Waals surface area contributed by atoms with Crippen molar-refractivity contribution < 1.29 is 14.7 Å². The molecule has 0 bridgehead atoms. The van der Waals surface area contributed by atoms with Crippen molar-refractivity contribution in [3.63, 3.8) is 0 Å². The quantitative estimate of drug-likeness (QED) is 0.421. The first-order chi connectivity index (χ1) is 8.08. The Morgan fingerprint density at radius 2 is 2.18 bits per heavy atom. The number of carbonyl (C=O) groups excluding carboxylic acids is 2. The van der Waals surface area contributed by atoms with Crippen molar-refractivity contribution >= 4 is 23.4 Å². The second kappa shape index (κ2) is 4.50. The summed E-state index contributed by atoms with van der Waals surface area (Å²) in [6.45, 7) is 2.33. The minimum Gasteiger partial charge on any atom is -0.384 e. The van der Waals surface area contributed by atoms with Crippen molar-refractivity contribution in [3.8, 4) is 0 Å². The standard InChI is InChI=1S/C9H13N5O3/c1-4(15)7(16)13-9-12-6-5(8(17)14-9)10-2-3-11-6/h4,9,15H,2-3H2,1H3,(H,11,12)(H,13,16)(H,14,17). The smallest absolute Gasteiger partial charge is 0.276 e. The number of aliphatic hydroxyl groups is 1. The van der Waals surface area contributed by atoms with Crippen LogP contribution in [0.3, 0.4) is 0 Å².